The van der Waals surface area contributed by atoms with E-state index in [2.05, 4.69) is 19.9 Å². The van der Waals surface area contributed by atoms with Crippen molar-refractivity contribution >= 4 is 21.8 Å². The standard InChI is InChI=1S/C38H23F2N5O4/c39-30-20-28-29-21-31(40)35(47-25-9-6-11-27(19-25)49-37-13-2-4-15-42-37)23-33(29)45(38-43-16-7-17-44-38)32(28)22-34(30)46-24-8-5-10-26(18-24)48-36-12-1-3-14-41-36/h1-23H. The molecule has 0 unspecified atom stereocenters. The molecule has 0 atom stereocenters. The van der Waals surface area contributed by atoms with Crippen LogP contribution >= 0.6 is 0 Å². The predicted molar refractivity (Wildman–Crippen MR) is 178 cm³/mol. The van der Waals surface area contributed by atoms with Crippen molar-refractivity contribution in [1.82, 2.24) is 24.5 Å². The largest absolute Gasteiger partial charge is 0.454 e. The van der Waals surface area contributed by atoms with Crippen molar-refractivity contribution in [1.29, 1.82) is 0 Å². The van der Waals surface area contributed by atoms with Crippen molar-refractivity contribution in [2.45, 2.75) is 0 Å². The number of ether oxygens (including phenoxy) is 4. The SMILES string of the molecule is Fc1cc2c3cc(F)c(Oc4cccc(Oc5ccccn5)c4)cc3n(-c3ncccn3)c2cc1Oc1cccc(Oc2ccccn2)c1. The van der Waals surface area contributed by atoms with Gasteiger partial charge in [0.25, 0.3) is 0 Å². The quantitative estimate of drug-likeness (QED) is 0.152. The highest BCUT2D eigenvalue weighted by Crippen LogP contribution is 2.40. The zero-order chi connectivity index (χ0) is 33.2. The molecule has 0 spiro atoms. The Morgan fingerprint density at radius 3 is 1.33 bits per heavy atom. The van der Waals surface area contributed by atoms with Crippen LogP contribution < -0.4 is 18.9 Å². The maximum absolute atomic E-state index is 15.7. The average molecular weight is 652 g/mol. The van der Waals surface area contributed by atoms with Crippen LogP contribution in [0.15, 0.2) is 140 Å². The minimum absolute atomic E-state index is 0.0656. The number of pyridine rings is 2. The Kier molecular flexibility index (Phi) is 7.67. The highest BCUT2D eigenvalue weighted by molar-refractivity contribution is 6.10. The molecule has 0 amide bonds. The molecule has 0 fully saturated rings. The summed E-state index contributed by atoms with van der Waals surface area (Å²) in [6.45, 7) is 0. The smallest absolute Gasteiger partial charge is 0.234 e. The summed E-state index contributed by atoms with van der Waals surface area (Å²) >= 11 is 0. The normalized spacial score (nSPS) is 11.1. The summed E-state index contributed by atoms with van der Waals surface area (Å²) in [5, 5.41) is 0.853. The van der Waals surface area contributed by atoms with E-state index in [0.717, 1.165) is 0 Å². The molecule has 0 saturated heterocycles. The van der Waals surface area contributed by atoms with Crippen LogP contribution in [-0.4, -0.2) is 24.5 Å². The first-order chi connectivity index (χ1) is 24.1. The minimum atomic E-state index is -0.651. The molecule has 8 rings (SSSR count). The Labute approximate surface area is 277 Å². The third kappa shape index (κ3) is 6.15. The second-order valence-electron chi connectivity index (χ2n) is 10.7. The van der Waals surface area contributed by atoms with Gasteiger partial charge in [0, 0.05) is 72.0 Å². The Morgan fingerprint density at radius 1 is 0.429 bits per heavy atom. The molecule has 238 valence electrons. The van der Waals surface area contributed by atoms with E-state index in [1.54, 1.807) is 120 Å². The molecule has 0 aliphatic carbocycles. The van der Waals surface area contributed by atoms with Crippen molar-refractivity contribution in [3.05, 3.63) is 152 Å². The molecule has 11 heteroatoms. The summed E-state index contributed by atoms with van der Waals surface area (Å²) in [7, 11) is 0. The van der Waals surface area contributed by atoms with Gasteiger partial charge >= 0.3 is 0 Å². The van der Waals surface area contributed by atoms with E-state index in [-0.39, 0.29) is 17.4 Å². The highest BCUT2D eigenvalue weighted by Gasteiger charge is 2.21. The molecule has 0 bridgehead atoms. The van der Waals surface area contributed by atoms with Crippen LogP contribution in [0.25, 0.3) is 27.8 Å². The third-order valence-electron chi connectivity index (χ3n) is 7.41. The van der Waals surface area contributed by atoms with Crippen LogP contribution in [0.4, 0.5) is 8.78 Å². The molecule has 0 aliphatic heterocycles. The number of hydrogen-bond donors (Lipinski definition) is 0. The van der Waals surface area contributed by atoms with Crippen LogP contribution in [0, 0.1) is 11.6 Å². The van der Waals surface area contributed by atoms with E-state index in [0.29, 0.717) is 56.6 Å². The van der Waals surface area contributed by atoms with Gasteiger partial charge in [-0.05, 0) is 54.6 Å². The lowest BCUT2D eigenvalue weighted by Crippen LogP contribution is -2.00. The molecular formula is C38H23F2N5O4. The van der Waals surface area contributed by atoms with Crippen molar-refractivity contribution in [2.24, 2.45) is 0 Å². The molecule has 0 N–H and O–H groups in total. The number of fused-ring (bicyclic) bond motifs is 3. The Bertz CT molecular complexity index is 2280. The number of halogens is 2. The van der Waals surface area contributed by atoms with Gasteiger partial charge in [-0.1, -0.05) is 24.3 Å². The summed E-state index contributed by atoms with van der Waals surface area (Å²) in [6.07, 6.45) is 6.41. The molecule has 4 heterocycles. The lowest BCUT2D eigenvalue weighted by Gasteiger charge is -2.11. The molecule has 8 aromatic rings. The van der Waals surface area contributed by atoms with Crippen molar-refractivity contribution in [3.63, 3.8) is 0 Å². The average Bonchev–Trinajstić information content (AvgIpc) is 3.41. The second kappa shape index (κ2) is 12.7. The van der Waals surface area contributed by atoms with E-state index in [1.165, 1.54) is 24.3 Å². The maximum Gasteiger partial charge on any atom is 0.234 e. The van der Waals surface area contributed by atoms with Crippen LogP contribution in [0.3, 0.4) is 0 Å². The van der Waals surface area contributed by atoms with Crippen molar-refractivity contribution in [3.8, 4) is 52.2 Å². The first-order valence-corrected chi connectivity index (χ1v) is 15.1. The van der Waals surface area contributed by atoms with Gasteiger partial charge in [0.15, 0.2) is 23.1 Å². The monoisotopic (exact) mass is 651 g/mol. The van der Waals surface area contributed by atoms with Crippen molar-refractivity contribution in [2.75, 3.05) is 0 Å². The topological polar surface area (TPSA) is 93.4 Å². The summed E-state index contributed by atoms with van der Waals surface area (Å²) in [4.78, 5) is 17.2. The maximum atomic E-state index is 15.7. The molecule has 9 nitrogen and oxygen atoms in total. The summed E-state index contributed by atoms with van der Waals surface area (Å²) < 4.78 is 56.8. The Hall–Kier alpha value is -6.88. The number of rotatable bonds is 9. The summed E-state index contributed by atoms with van der Waals surface area (Å²) in [5.74, 6) is 1.25. The van der Waals surface area contributed by atoms with E-state index in [9.17, 15) is 0 Å². The van der Waals surface area contributed by atoms with Gasteiger partial charge in [-0.3, -0.25) is 4.57 Å². The molecule has 0 radical (unpaired) electrons. The third-order valence-corrected chi connectivity index (χ3v) is 7.41. The highest BCUT2D eigenvalue weighted by atomic mass is 19.1. The van der Waals surface area contributed by atoms with Gasteiger partial charge < -0.3 is 18.9 Å². The van der Waals surface area contributed by atoms with Gasteiger partial charge in [-0.2, -0.15) is 0 Å². The number of nitrogens with zero attached hydrogens (tertiary/aromatic N) is 5. The van der Waals surface area contributed by atoms with Crippen LogP contribution in [0.2, 0.25) is 0 Å². The Balaban J connectivity index is 1.18. The van der Waals surface area contributed by atoms with Crippen LogP contribution in [-0.2, 0) is 0 Å². The van der Waals surface area contributed by atoms with E-state index < -0.39 is 11.6 Å². The van der Waals surface area contributed by atoms with Crippen molar-refractivity contribution < 1.29 is 27.7 Å². The van der Waals surface area contributed by atoms with E-state index >= 15 is 8.78 Å². The fourth-order valence-corrected chi connectivity index (χ4v) is 5.31. The summed E-state index contributed by atoms with van der Waals surface area (Å²) in [5.41, 5.74) is 0.974. The fraction of sp³-hybridized carbons (Fsp3) is 0. The number of aromatic nitrogens is 5. The minimum Gasteiger partial charge on any atom is -0.454 e. The lowest BCUT2D eigenvalue weighted by molar-refractivity contribution is 0.431. The number of hydrogen-bond acceptors (Lipinski definition) is 8. The molecule has 0 aliphatic rings. The molecule has 0 saturated carbocycles. The zero-order valence-electron chi connectivity index (χ0n) is 25.4. The molecule has 49 heavy (non-hydrogen) atoms. The Morgan fingerprint density at radius 2 is 0.878 bits per heavy atom. The first kappa shape index (κ1) is 29.5. The van der Waals surface area contributed by atoms with Gasteiger partial charge in [0.2, 0.25) is 17.7 Å². The predicted octanol–water partition coefficient (Wildman–Crippen LogP) is 9.81. The van der Waals surface area contributed by atoms with E-state index in [1.807, 2.05) is 0 Å². The van der Waals surface area contributed by atoms with Crippen LogP contribution in [0.5, 0.6) is 46.3 Å². The van der Waals surface area contributed by atoms with Crippen LogP contribution in [0.1, 0.15) is 0 Å². The molecule has 4 aromatic heterocycles. The fourth-order valence-electron chi connectivity index (χ4n) is 5.31. The first-order valence-electron chi connectivity index (χ1n) is 15.1. The summed E-state index contributed by atoms with van der Waals surface area (Å²) in [6, 6.07) is 31.5. The van der Waals surface area contributed by atoms with E-state index in [4.69, 9.17) is 18.9 Å². The number of benzene rings is 4. The van der Waals surface area contributed by atoms with Gasteiger partial charge in [0.1, 0.15) is 23.0 Å². The lowest BCUT2D eigenvalue weighted by atomic mass is 10.1. The zero-order valence-corrected chi connectivity index (χ0v) is 25.4. The molecule has 4 aromatic carbocycles. The van der Waals surface area contributed by atoms with Gasteiger partial charge in [-0.15, -0.1) is 0 Å². The van der Waals surface area contributed by atoms with Gasteiger partial charge in [-0.25, -0.2) is 28.7 Å². The van der Waals surface area contributed by atoms with Gasteiger partial charge in [0.05, 0.1) is 11.0 Å². The second-order valence-corrected chi connectivity index (χ2v) is 10.7. The molecular weight excluding hydrogens is 628 g/mol.